The first-order valence-corrected chi connectivity index (χ1v) is 11.2. The van der Waals surface area contributed by atoms with Crippen LogP contribution in [0.15, 0.2) is 0 Å². The van der Waals surface area contributed by atoms with Crippen LogP contribution in [-0.2, 0) is 38.1 Å². The summed E-state index contributed by atoms with van der Waals surface area (Å²) in [5.41, 5.74) is -0.691. The summed E-state index contributed by atoms with van der Waals surface area (Å²) in [4.78, 5) is 49.7. The molecule has 1 N–H and O–H groups in total. The molecule has 166 valence electrons. The molecule has 2 saturated heterocycles. The molecule has 8 atom stereocenters. The second-order valence-electron chi connectivity index (χ2n) is 9.62. The van der Waals surface area contributed by atoms with E-state index in [4.69, 9.17) is 18.9 Å². The monoisotopic (exact) mass is 535 g/mol. The summed E-state index contributed by atoms with van der Waals surface area (Å²) < 4.78 is 20.9. The molecule has 0 aromatic heterocycles. The van der Waals surface area contributed by atoms with Gasteiger partial charge in [0.15, 0.2) is 6.61 Å². The van der Waals surface area contributed by atoms with Gasteiger partial charge in [0, 0.05) is 24.4 Å². The number of carbonyl (C=O) groups is 4. The number of ether oxygens (including phenoxy) is 4. The lowest BCUT2D eigenvalue weighted by Crippen LogP contribution is -2.45. The van der Waals surface area contributed by atoms with E-state index < -0.39 is 63.6 Å². The lowest BCUT2D eigenvalue weighted by molar-refractivity contribution is -0.175. The lowest BCUT2D eigenvalue weighted by atomic mass is 9.78. The fraction of sp³-hybridized carbons (Fsp3) is 0.800. The van der Waals surface area contributed by atoms with Crippen molar-refractivity contribution in [3.05, 3.63) is 0 Å². The van der Waals surface area contributed by atoms with E-state index in [9.17, 15) is 19.2 Å². The molecule has 0 aromatic rings. The van der Waals surface area contributed by atoms with Crippen LogP contribution in [0, 0.1) is 23.7 Å². The van der Waals surface area contributed by atoms with Gasteiger partial charge in [-0.1, -0.05) is 22.6 Å². The first-order valence-electron chi connectivity index (χ1n) is 10.1. The minimum Gasteiger partial charge on any atom is -0.460 e. The first-order chi connectivity index (χ1) is 13.9. The molecule has 2 aliphatic heterocycles. The van der Waals surface area contributed by atoms with Gasteiger partial charge in [-0.15, -0.1) is 0 Å². The zero-order chi connectivity index (χ0) is 22.0. The van der Waals surface area contributed by atoms with E-state index in [-0.39, 0.29) is 17.9 Å². The van der Waals surface area contributed by atoms with Gasteiger partial charge < -0.3 is 24.3 Å². The minimum atomic E-state index is -0.763. The van der Waals surface area contributed by atoms with E-state index in [1.54, 1.807) is 27.7 Å². The number of halogens is 1. The highest BCUT2D eigenvalue weighted by atomic mass is 127. The molecule has 4 rings (SSSR count). The van der Waals surface area contributed by atoms with Crippen molar-refractivity contribution < 1.29 is 38.1 Å². The molecular formula is C20H26INO8. The smallest absolute Gasteiger partial charge is 0.344 e. The number of alkyl halides is 1. The Labute approximate surface area is 188 Å². The van der Waals surface area contributed by atoms with E-state index in [1.165, 1.54) is 0 Å². The second kappa shape index (κ2) is 7.32. The van der Waals surface area contributed by atoms with Crippen LogP contribution >= 0.6 is 22.6 Å². The number of nitrogens with one attached hydrogen (secondary N) is 1. The maximum atomic E-state index is 12.8. The molecule has 8 unspecified atom stereocenters. The lowest BCUT2D eigenvalue weighted by Gasteiger charge is -2.32. The molecule has 2 bridgehead atoms. The molecule has 2 aliphatic carbocycles. The molecule has 0 radical (unpaired) electrons. The Kier molecular flexibility index (Phi) is 5.32. The number of carbonyl (C=O) groups excluding carboxylic acids is 4. The summed E-state index contributed by atoms with van der Waals surface area (Å²) >= 11 is 2.01. The van der Waals surface area contributed by atoms with Gasteiger partial charge in [-0.05, 0) is 34.1 Å². The largest absolute Gasteiger partial charge is 0.460 e. The van der Waals surface area contributed by atoms with Crippen molar-refractivity contribution in [2.24, 2.45) is 23.7 Å². The van der Waals surface area contributed by atoms with E-state index >= 15 is 0 Å². The summed E-state index contributed by atoms with van der Waals surface area (Å²) in [6.45, 7) is 7.22. The standard InChI is InChI=1S/C20H26INO8/c1-19(2,3)30-17(25)13-9-5-8-12(13)16(24)29-15(8)14(9)28-11(23)7-27-18(26)20(4,21)10-6-22-10/h8-10,12-15,22H,5-7H2,1-4H3. The van der Waals surface area contributed by atoms with Crippen molar-refractivity contribution in [1.29, 1.82) is 0 Å². The third kappa shape index (κ3) is 3.80. The molecule has 0 amide bonds. The van der Waals surface area contributed by atoms with Crippen LogP contribution in [0.4, 0.5) is 0 Å². The molecule has 9 nitrogen and oxygen atoms in total. The van der Waals surface area contributed by atoms with Crippen LogP contribution in [0.2, 0.25) is 0 Å². The Morgan fingerprint density at radius 2 is 1.87 bits per heavy atom. The normalized spacial score (nSPS) is 37.9. The summed E-state index contributed by atoms with van der Waals surface area (Å²) in [6.07, 6.45) is -0.740. The van der Waals surface area contributed by atoms with Gasteiger partial charge in [0.1, 0.15) is 21.2 Å². The van der Waals surface area contributed by atoms with Crippen molar-refractivity contribution in [1.82, 2.24) is 5.32 Å². The van der Waals surface area contributed by atoms with E-state index in [1.807, 2.05) is 22.6 Å². The van der Waals surface area contributed by atoms with Crippen molar-refractivity contribution >= 4 is 46.5 Å². The van der Waals surface area contributed by atoms with E-state index in [0.717, 1.165) is 6.54 Å². The Morgan fingerprint density at radius 1 is 1.20 bits per heavy atom. The highest BCUT2D eigenvalue weighted by Gasteiger charge is 2.70. The van der Waals surface area contributed by atoms with Crippen molar-refractivity contribution in [3.63, 3.8) is 0 Å². The molecule has 0 aromatic carbocycles. The van der Waals surface area contributed by atoms with Crippen LogP contribution in [0.5, 0.6) is 0 Å². The van der Waals surface area contributed by atoms with Crippen LogP contribution in [-0.4, -0.2) is 64.3 Å². The van der Waals surface area contributed by atoms with Gasteiger partial charge in [0.05, 0.1) is 11.8 Å². The van der Waals surface area contributed by atoms with E-state index in [0.29, 0.717) is 6.42 Å². The van der Waals surface area contributed by atoms with Gasteiger partial charge in [0.25, 0.3) is 0 Å². The van der Waals surface area contributed by atoms with Gasteiger partial charge in [-0.25, -0.2) is 4.79 Å². The predicted molar refractivity (Wildman–Crippen MR) is 109 cm³/mol. The maximum Gasteiger partial charge on any atom is 0.344 e. The molecule has 2 saturated carbocycles. The quantitative estimate of drug-likeness (QED) is 0.172. The third-order valence-electron chi connectivity index (χ3n) is 6.28. The van der Waals surface area contributed by atoms with Crippen molar-refractivity contribution in [2.45, 2.75) is 61.4 Å². The Hall–Kier alpha value is -1.43. The average molecular weight is 535 g/mol. The molecule has 10 heteroatoms. The fourth-order valence-corrected chi connectivity index (χ4v) is 5.47. The second-order valence-corrected chi connectivity index (χ2v) is 11.9. The van der Waals surface area contributed by atoms with Crippen LogP contribution in [0.3, 0.4) is 0 Å². The minimum absolute atomic E-state index is 0.0246. The molecule has 4 fully saturated rings. The summed E-state index contributed by atoms with van der Waals surface area (Å²) in [6, 6.07) is 0.0246. The zero-order valence-corrected chi connectivity index (χ0v) is 19.5. The number of hydrogen-bond donors (Lipinski definition) is 1. The Balaban J connectivity index is 1.39. The topological polar surface area (TPSA) is 127 Å². The number of rotatable bonds is 6. The van der Waals surface area contributed by atoms with Crippen LogP contribution < -0.4 is 5.32 Å². The molecule has 4 aliphatic rings. The molecule has 30 heavy (non-hydrogen) atoms. The highest BCUT2D eigenvalue weighted by Crippen LogP contribution is 2.59. The number of fused-ring (bicyclic) bond motifs is 1. The Bertz CT molecular complexity index is 786. The van der Waals surface area contributed by atoms with Gasteiger partial charge in [-0.2, -0.15) is 0 Å². The van der Waals surface area contributed by atoms with Gasteiger partial charge in [0.2, 0.25) is 0 Å². The van der Waals surface area contributed by atoms with Gasteiger partial charge >= 0.3 is 23.9 Å². The van der Waals surface area contributed by atoms with Gasteiger partial charge in [-0.3, -0.25) is 14.4 Å². The van der Waals surface area contributed by atoms with Crippen molar-refractivity contribution in [2.75, 3.05) is 13.2 Å². The molecule has 2 heterocycles. The highest BCUT2D eigenvalue weighted by molar-refractivity contribution is 14.1. The fourth-order valence-electron chi connectivity index (χ4n) is 4.87. The molecule has 0 spiro atoms. The van der Waals surface area contributed by atoms with Crippen LogP contribution in [0.1, 0.15) is 34.1 Å². The van der Waals surface area contributed by atoms with Crippen molar-refractivity contribution in [3.8, 4) is 0 Å². The average Bonchev–Trinajstić information content (AvgIpc) is 3.28. The summed E-state index contributed by atoms with van der Waals surface area (Å²) in [5, 5.41) is 3.06. The predicted octanol–water partition coefficient (Wildman–Crippen LogP) is 0.756. The zero-order valence-electron chi connectivity index (χ0n) is 17.3. The maximum absolute atomic E-state index is 12.8. The SMILES string of the molecule is CC(C)(C)OC(=O)C1C2CC3C(OC(=O)C31)C2OC(=O)COC(=O)C(C)(I)C1CN1. The summed E-state index contributed by atoms with van der Waals surface area (Å²) in [7, 11) is 0. The number of esters is 4. The van der Waals surface area contributed by atoms with E-state index in [2.05, 4.69) is 5.32 Å². The number of hydrogen-bond acceptors (Lipinski definition) is 9. The summed E-state index contributed by atoms with van der Waals surface area (Å²) in [5.74, 6) is -3.89. The third-order valence-corrected chi connectivity index (χ3v) is 7.47. The van der Waals surface area contributed by atoms with Crippen LogP contribution in [0.25, 0.3) is 0 Å². The Morgan fingerprint density at radius 3 is 2.47 bits per heavy atom. The first kappa shape index (κ1) is 21.8. The molecular weight excluding hydrogens is 509 g/mol.